The van der Waals surface area contributed by atoms with E-state index in [4.69, 9.17) is 0 Å². The van der Waals surface area contributed by atoms with E-state index in [1.807, 2.05) is 0 Å². The van der Waals surface area contributed by atoms with E-state index in [9.17, 15) is 13.2 Å². The Morgan fingerprint density at radius 2 is 2.07 bits per heavy atom. The van der Waals surface area contributed by atoms with Gasteiger partial charge in [-0.05, 0) is 39.4 Å². The zero-order valence-corrected chi connectivity index (χ0v) is 9.11. The van der Waals surface area contributed by atoms with E-state index in [0.717, 1.165) is 19.4 Å². The van der Waals surface area contributed by atoms with Crippen molar-refractivity contribution in [1.29, 1.82) is 0 Å². The molecule has 1 fully saturated rings. The highest BCUT2D eigenvalue weighted by molar-refractivity contribution is 4.73. The van der Waals surface area contributed by atoms with Crippen LogP contribution in [0.25, 0.3) is 0 Å². The van der Waals surface area contributed by atoms with Gasteiger partial charge in [-0.15, -0.1) is 0 Å². The zero-order valence-electron chi connectivity index (χ0n) is 9.11. The van der Waals surface area contributed by atoms with Crippen molar-refractivity contribution in [2.24, 2.45) is 0 Å². The van der Waals surface area contributed by atoms with Crippen LogP contribution >= 0.6 is 0 Å². The number of hydrogen-bond donors (Lipinski definition) is 1. The lowest BCUT2D eigenvalue weighted by molar-refractivity contribution is -0.143. The van der Waals surface area contributed by atoms with Gasteiger partial charge in [0.15, 0.2) is 0 Å². The van der Waals surface area contributed by atoms with Gasteiger partial charge in [-0.25, -0.2) is 0 Å². The fourth-order valence-corrected chi connectivity index (χ4v) is 1.93. The average Bonchev–Trinajstić information content (AvgIpc) is 2.14. The van der Waals surface area contributed by atoms with Crippen molar-refractivity contribution >= 4 is 0 Å². The molecule has 0 spiro atoms. The molecule has 15 heavy (non-hydrogen) atoms. The first-order valence-corrected chi connectivity index (χ1v) is 5.46. The Morgan fingerprint density at radius 3 is 2.60 bits per heavy atom. The zero-order chi connectivity index (χ0) is 11.3. The topological polar surface area (TPSA) is 15.3 Å². The third-order valence-electron chi connectivity index (χ3n) is 2.72. The van der Waals surface area contributed by atoms with Crippen LogP contribution in [-0.4, -0.2) is 43.8 Å². The molecule has 1 unspecified atom stereocenters. The molecule has 0 aliphatic carbocycles. The Morgan fingerprint density at radius 1 is 1.33 bits per heavy atom. The van der Waals surface area contributed by atoms with Gasteiger partial charge in [0.1, 0.15) is 0 Å². The Kier molecular flexibility index (Phi) is 4.86. The predicted molar refractivity (Wildman–Crippen MR) is 53.8 cm³/mol. The Labute approximate surface area is 88.8 Å². The molecule has 0 aromatic heterocycles. The third-order valence-corrected chi connectivity index (χ3v) is 2.72. The summed E-state index contributed by atoms with van der Waals surface area (Å²) in [4.78, 5) is 1.34. The second kappa shape index (κ2) is 5.70. The molecule has 1 saturated heterocycles. The van der Waals surface area contributed by atoms with Crippen molar-refractivity contribution in [1.82, 2.24) is 10.2 Å². The Balaban J connectivity index is 2.12. The van der Waals surface area contributed by atoms with Crippen molar-refractivity contribution in [2.75, 3.05) is 26.7 Å². The van der Waals surface area contributed by atoms with Crippen molar-refractivity contribution in [3.05, 3.63) is 0 Å². The maximum atomic E-state index is 12.0. The molecular formula is C10H19F3N2. The van der Waals surface area contributed by atoms with Crippen LogP contribution in [-0.2, 0) is 0 Å². The summed E-state index contributed by atoms with van der Waals surface area (Å²) < 4.78 is 36.0. The Hall–Kier alpha value is -0.290. The van der Waals surface area contributed by atoms with Crippen molar-refractivity contribution < 1.29 is 13.2 Å². The predicted octanol–water partition coefficient (Wildman–Crippen LogP) is 2.01. The number of nitrogens with zero attached hydrogens (tertiary/aromatic N) is 1. The number of nitrogens with one attached hydrogen (secondary N) is 1. The number of rotatable bonds is 4. The molecule has 0 radical (unpaired) electrons. The SMILES string of the molecule is CN(CCC1CCCCN1)CC(F)(F)F. The molecule has 1 heterocycles. The fourth-order valence-electron chi connectivity index (χ4n) is 1.93. The van der Waals surface area contributed by atoms with Gasteiger partial charge in [0.2, 0.25) is 0 Å². The minimum absolute atomic E-state index is 0.412. The van der Waals surface area contributed by atoms with Gasteiger partial charge >= 0.3 is 6.18 Å². The van der Waals surface area contributed by atoms with E-state index < -0.39 is 12.7 Å². The number of hydrogen-bond acceptors (Lipinski definition) is 2. The van der Waals surface area contributed by atoms with Crippen LogP contribution in [0.15, 0.2) is 0 Å². The summed E-state index contributed by atoms with van der Waals surface area (Å²) in [6.07, 6.45) is 0.219. The van der Waals surface area contributed by atoms with E-state index >= 15 is 0 Å². The van der Waals surface area contributed by atoms with Crippen LogP contribution in [0.1, 0.15) is 25.7 Å². The molecule has 1 aliphatic heterocycles. The Bertz CT molecular complexity index is 176. The first kappa shape index (κ1) is 12.8. The lowest BCUT2D eigenvalue weighted by Crippen LogP contribution is -2.38. The number of alkyl halides is 3. The summed E-state index contributed by atoms with van der Waals surface area (Å²) >= 11 is 0. The van der Waals surface area contributed by atoms with E-state index in [1.54, 1.807) is 0 Å². The summed E-state index contributed by atoms with van der Waals surface area (Å²) in [5.41, 5.74) is 0. The first-order chi connectivity index (χ1) is 6.97. The van der Waals surface area contributed by atoms with Crippen LogP contribution in [0.2, 0.25) is 0 Å². The maximum absolute atomic E-state index is 12.0. The maximum Gasteiger partial charge on any atom is 0.401 e. The molecule has 0 amide bonds. The van der Waals surface area contributed by atoms with E-state index in [-0.39, 0.29) is 0 Å². The monoisotopic (exact) mass is 224 g/mol. The summed E-state index contributed by atoms with van der Waals surface area (Å²) in [7, 11) is 1.52. The molecule has 0 aromatic rings. The largest absolute Gasteiger partial charge is 0.401 e. The smallest absolute Gasteiger partial charge is 0.314 e. The number of piperidine rings is 1. The average molecular weight is 224 g/mol. The minimum atomic E-state index is -4.07. The fraction of sp³-hybridized carbons (Fsp3) is 1.00. The molecule has 2 nitrogen and oxygen atoms in total. The molecule has 1 N–H and O–H groups in total. The van der Waals surface area contributed by atoms with Gasteiger partial charge in [0.25, 0.3) is 0 Å². The van der Waals surface area contributed by atoms with E-state index in [2.05, 4.69) is 5.32 Å². The highest BCUT2D eigenvalue weighted by Gasteiger charge is 2.29. The van der Waals surface area contributed by atoms with Gasteiger partial charge < -0.3 is 5.32 Å². The molecule has 1 rings (SSSR count). The standard InChI is InChI=1S/C10H19F3N2/c1-15(8-10(11,12)13)7-5-9-4-2-3-6-14-9/h9,14H,2-8H2,1H3. The third kappa shape index (κ3) is 5.99. The summed E-state index contributed by atoms with van der Waals surface area (Å²) in [6, 6.07) is 0.412. The second-order valence-corrected chi connectivity index (χ2v) is 4.29. The van der Waals surface area contributed by atoms with Crippen LogP contribution in [0, 0.1) is 0 Å². The molecular weight excluding hydrogens is 205 g/mol. The lowest BCUT2D eigenvalue weighted by atomic mass is 10.0. The highest BCUT2D eigenvalue weighted by atomic mass is 19.4. The van der Waals surface area contributed by atoms with E-state index in [1.165, 1.54) is 24.8 Å². The summed E-state index contributed by atoms with van der Waals surface area (Å²) in [5.74, 6) is 0. The van der Waals surface area contributed by atoms with Crippen LogP contribution in [0.5, 0.6) is 0 Å². The van der Waals surface area contributed by atoms with Crippen molar-refractivity contribution in [3.8, 4) is 0 Å². The van der Waals surface area contributed by atoms with Gasteiger partial charge in [-0.2, -0.15) is 13.2 Å². The summed E-state index contributed by atoms with van der Waals surface area (Å²) in [6.45, 7) is 0.713. The molecule has 5 heteroatoms. The summed E-state index contributed by atoms with van der Waals surface area (Å²) in [5, 5.41) is 3.33. The highest BCUT2D eigenvalue weighted by Crippen LogP contribution is 2.16. The molecule has 1 atom stereocenters. The van der Waals surface area contributed by atoms with Gasteiger partial charge in [0.05, 0.1) is 6.54 Å². The van der Waals surface area contributed by atoms with Crippen LogP contribution in [0.3, 0.4) is 0 Å². The molecule has 0 bridgehead atoms. The minimum Gasteiger partial charge on any atom is -0.314 e. The van der Waals surface area contributed by atoms with Crippen LogP contribution in [0.4, 0.5) is 13.2 Å². The molecule has 0 saturated carbocycles. The molecule has 0 aromatic carbocycles. The molecule has 1 aliphatic rings. The van der Waals surface area contributed by atoms with Crippen molar-refractivity contribution in [3.63, 3.8) is 0 Å². The van der Waals surface area contributed by atoms with Crippen molar-refractivity contribution in [2.45, 2.75) is 37.9 Å². The first-order valence-electron chi connectivity index (χ1n) is 5.46. The normalized spacial score (nSPS) is 23.4. The van der Waals surface area contributed by atoms with Gasteiger partial charge in [0, 0.05) is 6.04 Å². The second-order valence-electron chi connectivity index (χ2n) is 4.29. The number of halogens is 3. The van der Waals surface area contributed by atoms with E-state index in [0.29, 0.717) is 12.6 Å². The van der Waals surface area contributed by atoms with Gasteiger partial charge in [-0.1, -0.05) is 6.42 Å². The van der Waals surface area contributed by atoms with Gasteiger partial charge in [-0.3, -0.25) is 4.90 Å². The molecule has 90 valence electrons. The lowest BCUT2D eigenvalue weighted by Gasteiger charge is -2.26. The van der Waals surface area contributed by atoms with Crippen LogP contribution < -0.4 is 5.32 Å². The quantitative estimate of drug-likeness (QED) is 0.786.